The lowest BCUT2D eigenvalue weighted by Gasteiger charge is -2.25. The van der Waals surface area contributed by atoms with Gasteiger partial charge in [0.2, 0.25) is 0 Å². The summed E-state index contributed by atoms with van der Waals surface area (Å²) in [7, 11) is 0. The molecule has 0 aliphatic heterocycles. The number of hydrogen-bond donors (Lipinski definition) is 2. The third kappa shape index (κ3) is 4.86. The summed E-state index contributed by atoms with van der Waals surface area (Å²) in [6, 6.07) is 5.74. The summed E-state index contributed by atoms with van der Waals surface area (Å²) in [4.78, 5) is 4.74. The van der Waals surface area contributed by atoms with Crippen molar-refractivity contribution >= 4 is 35.6 Å². The van der Waals surface area contributed by atoms with Crippen LogP contribution in [0, 0.1) is 0 Å². The molecule has 1 aliphatic carbocycles. The molecule has 0 unspecified atom stereocenters. The van der Waals surface area contributed by atoms with Gasteiger partial charge in [0.05, 0.1) is 13.2 Å². The van der Waals surface area contributed by atoms with E-state index in [9.17, 15) is 5.11 Å². The summed E-state index contributed by atoms with van der Waals surface area (Å²) >= 11 is 12.5. The van der Waals surface area contributed by atoms with Gasteiger partial charge >= 0.3 is 0 Å². The Kier molecular flexibility index (Phi) is 7.52. The van der Waals surface area contributed by atoms with Gasteiger partial charge in [-0.25, -0.2) is 9.67 Å². The minimum absolute atomic E-state index is 0. The minimum Gasteiger partial charge on any atom is -0.394 e. The van der Waals surface area contributed by atoms with E-state index in [2.05, 4.69) is 5.10 Å². The lowest BCUT2D eigenvalue weighted by atomic mass is 9.86. The first kappa shape index (κ1) is 20.5. The lowest BCUT2D eigenvalue weighted by molar-refractivity contribution is 0.262. The number of aromatic nitrogens is 3. The molecule has 1 aromatic carbocycles. The molecule has 0 bridgehead atoms. The maximum absolute atomic E-state index is 9.32. The normalized spacial score (nSPS) is 20.3. The number of hydrogen-bond acceptors (Lipinski definition) is 4. The van der Waals surface area contributed by atoms with Crippen LogP contribution in [-0.2, 0) is 13.0 Å². The average molecular weight is 406 g/mol. The van der Waals surface area contributed by atoms with E-state index in [-0.39, 0.29) is 25.1 Å². The van der Waals surface area contributed by atoms with Gasteiger partial charge in [0, 0.05) is 28.4 Å². The zero-order valence-electron chi connectivity index (χ0n) is 13.9. The van der Waals surface area contributed by atoms with E-state index in [1.165, 1.54) is 0 Å². The summed E-state index contributed by atoms with van der Waals surface area (Å²) in [6.07, 6.45) is 4.51. The molecule has 1 aromatic heterocycles. The maximum atomic E-state index is 9.32. The largest absolute Gasteiger partial charge is 0.394 e. The van der Waals surface area contributed by atoms with E-state index in [1.54, 1.807) is 0 Å². The monoisotopic (exact) mass is 404 g/mol. The van der Waals surface area contributed by atoms with Crippen LogP contribution in [0.1, 0.15) is 48.8 Å². The Labute approximate surface area is 163 Å². The predicted molar refractivity (Wildman–Crippen MR) is 103 cm³/mol. The number of benzene rings is 1. The molecule has 0 atom stereocenters. The van der Waals surface area contributed by atoms with Crippen LogP contribution in [0.25, 0.3) is 0 Å². The number of rotatable bonds is 5. The second kappa shape index (κ2) is 9.19. The van der Waals surface area contributed by atoms with Crippen molar-refractivity contribution in [1.82, 2.24) is 14.8 Å². The summed E-state index contributed by atoms with van der Waals surface area (Å²) in [5.41, 5.74) is 6.83. The van der Waals surface area contributed by atoms with E-state index in [0.29, 0.717) is 34.8 Å². The molecule has 5 nitrogen and oxygen atoms in total. The van der Waals surface area contributed by atoms with E-state index in [0.717, 1.165) is 37.1 Å². The summed E-state index contributed by atoms with van der Waals surface area (Å²) in [5, 5.41) is 15.1. The van der Waals surface area contributed by atoms with Crippen LogP contribution in [0.2, 0.25) is 10.0 Å². The molecule has 138 valence electrons. The van der Waals surface area contributed by atoms with Gasteiger partial charge in [0.15, 0.2) is 5.82 Å². The molecule has 0 radical (unpaired) electrons. The van der Waals surface area contributed by atoms with E-state index < -0.39 is 0 Å². The van der Waals surface area contributed by atoms with Crippen molar-refractivity contribution in [2.75, 3.05) is 6.61 Å². The number of aliphatic hydroxyl groups is 1. The van der Waals surface area contributed by atoms with Crippen LogP contribution in [0.15, 0.2) is 18.2 Å². The molecule has 1 aliphatic rings. The quantitative estimate of drug-likeness (QED) is 0.797. The maximum Gasteiger partial charge on any atom is 0.155 e. The minimum atomic E-state index is 0. The number of nitrogens with two attached hydrogens (primary N) is 1. The van der Waals surface area contributed by atoms with E-state index in [1.807, 2.05) is 22.9 Å². The molecule has 0 spiro atoms. The molecular weight excluding hydrogens is 383 g/mol. The van der Waals surface area contributed by atoms with Gasteiger partial charge < -0.3 is 10.8 Å². The third-order valence-corrected chi connectivity index (χ3v) is 5.30. The van der Waals surface area contributed by atoms with Crippen molar-refractivity contribution < 1.29 is 5.11 Å². The molecule has 25 heavy (non-hydrogen) atoms. The first-order valence-electron chi connectivity index (χ1n) is 8.31. The van der Waals surface area contributed by atoms with Crippen LogP contribution in [-0.4, -0.2) is 32.5 Å². The topological polar surface area (TPSA) is 77.0 Å². The van der Waals surface area contributed by atoms with Gasteiger partial charge in [-0.2, -0.15) is 5.10 Å². The Morgan fingerprint density at radius 1 is 1.16 bits per heavy atom. The first-order chi connectivity index (χ1) is 11.6. The Morgan fingerprint density at radius 2 is 1.80 bits per heavy atom. The summed E-state index contributed by atoms with van der Waals surface area (Å²) < 4.78 is 1.82. The highest BCUT2D eigenvalue weighted by Crippen LogP contribution is 2.32. The molecule has 0 amide bonds. The third-order valence-electron chi connectivity index (χ3n) is 4.59. The van der Waals surface area contributed by atoms with Crippen LogP contribution in [0.3, 0.4) is 0 Å². The van der Waals surface area contributed by atoms with Gasteiger partial charge in [-0.3, -0.25) is 0 Å². The molecule has 1 saturated carbocycles. The van der Waals surface area contributed by atoms with Crippen LogP contribution >= 0.6 is 35.6 Å². The molecular formula is C17H23Cl3N4O. The zero-order valence-corrected chi connectivity index (χ0v) is 16.2. The Hall–Kier alpha value is -0.850. The summed E-state index contributed by atoms with van der Waals surface area (Å²) in [6.45, 7) is 0.482. The van der Waals surface area contributed by atoms with E-state index >= 15 is 0 Å². The highest BCUT2D eigenvalue weighted by Gasteiger charge is 2.25. The molecule has 8 heteroatoms. The molecule has 0 saturated heterocycles. The van der Waals surface area contributed by atoms with E-state index in [4.69, 9.17) is 33.9 Å². The second-order valence-corrected chi connectivity index (χ2v) is 7.14. The first-order valence-corrected chi connectivity index (χ1v) is 9.07. The molecule has 3 rings (SSSR count). The van der Waals surface area contributed by atoms with Crippen molar-refractivity contribution in [3.05, 3.63) is 45.5 Å². The Bertz CT molecular complexity index is 679. The fourth-order valence-corrected chi connectivity index (χ4v) is 3.81. The fraction of sp³-hybridized carbons (Fsp3) is 0.529. The highest BCUT2D eigenvalue weighted by molar-refractivity contribution is 6.36. The van der Waals surface area contributed by atoms with Gasteiger partial charge in [-0.05, 0) is 43.4 Å². The highest BCUT2D eigenvalue weighted by atomic mass is 35.5. The van der Waals surface area contributed by atoms with Gasteiger partial charge in [-0.1, -0.05) is 29.3 Å². The van der Waals surface area contributed by atoms with Gasteiger partial charge in [0.1, 0.15) is 5.82 Å². The zero-order chi connectivity index (χ0) is 17.1. The van der Waals surface area contributed by atoms with Crippen molar-refractivity contribution in [2.45, 2.75) is 50.6 Å². The van der Waals surface area contributed by atoms with Crippen molar-refractivity contribution in [1.29, 1.82) is 0 Å². The smallest absolute Gasteiger partial charge is 0.155 e. The SMILES string of the molecule is Cl.NC1CCC(c2nc(Cc3c(Cl)cccc3Cl)nn2CCO)CC1. The van der Waals surface area contributed by atoms with Crippen LogP contribution in [0.4, 0.5) is 0 Å². The fourth-order valence-electron chi connectivity index (χ4n) is 3.28. The van der Waals surface area contributed by atoms with Crippen molar-refractivity contribution in [3.63, 3.8) is 0 Å². The predicted octanol–water partition coefficient (Wildman–Crippen LogP) is 3.57. The van der Waals surface area contributed by atoms with Crippen LogP contribution in [0.5, 0.6) is 0 Å². The Morgan fingerprint density at radius 3 is 2.40 bits per heavy atom. The van der Waals surface area contributed by atoms with Crippen LogP contribution < -0.4 is 5.73 Å². The second-order valence-electron chi connectivity index (χ2n) is 6.32. The molecule has 1 fully saturated rings. The van der Waals surface area contributed by atoms with Crippen molar-refractivity contribution in [2.24, 2.45) is 5.73 Å². The Balaban J connectivity index is 0.00000225. The lowest BCUT2D eigenvalue weighted by Crippen LogP contribution is -2.27. The molecule has 1 heterocycles. The number of nitrogens with zero attached hydrogens (tertiary/aromatic N) is 3. The number of halogens is 3. The number of aliphatic hydroxyl groups excluding tert-OH is 1. The van der Waals surface area contributed by atoms with Crippen molar-refractivity contribution in [3.8, 4) is 0 Å². The molecule has 3 N–H and O–H groups in total. The van der Waals surface area contributed by atoms with Gasteiger partial charge in [-0.15, -0.1) is 12.4 Å². The summed E-state index contributed by atoms with van der Waals surface area (Å²) in [5.74, 6) is 1.97. The standard InChI is InChI=1S/C17H22Cl2N4O.ClH/c18-14-2-1-3-15(19)13(14)10-16-21-17(23(22-16)8-9-24)11-4-6-12(20)7-5-11;/h1-3,11-12,24H,4-10,20H2;1H. The van der Waals surface area contributed by atoms with Gasteiger partial charge in [0.25, 0.3) is 0 Å². The average Bonchev–Trinajstić information content (AvgIpc) is 2.95. The molecule has 2 aromatic rings.